The number of carbonyl (C=O) groups excluding carboxylic acids is 1. The fraction of sp³-hybridized carbons (Fsp3) is 0.429. The van der Waals surface area contributed by atoms with Crippen molar-refractivity contribution in [1.29, 1.82) is 0 Å². The van der Waals surface area contributed by atoms with Gasteiger partial charge in [0, 0.05) is 17.6 Å². The highest BCUT2D eigenvalue weighted by atomic mass is 79.9. The van der Waals surface area contributed by atoms with Crippen LogP contribution in [0.5, 0.6) is 0 Å². The van der Waals surface area contributed by atoms with E-state index in [0.29, 0.717) is 11.0 Å². The molecule has 2 amide bonds. The summed E-state index contributed by atoms with van der Waals surface area (Å²) < 4.78 is 0.529. The number of anilines is 1. The average molecular weight is 358 g/mol. The molecule has 6 nitrogen and oxygen atoms in total. The number of urea groups is 1. The van der Waals surface area contributed by atoms with Crippen molar-refractivity contribution in [3.8, 4) is 0 Å². The van der Waals surface area contributed by atoms with Crippen LogP contribution in [0.2, 0.25) is 0 Å². The van der Waals surface area contributed by atoms with Gasteiger partial charge in [0.2, 0.25) is 0 Å². The average Bonchev–Trinajstić information content (AvgIpc) is 2.45. The highest BCUT2D eigenvalue weighted by molar-refractivity contribution is 9.10. The van der Waals surface area contributed by atoms with Crippen LogP contribution in [0, 0.1) is 0 Å². The SMILES string of the molecule is CCN(CC)CCNC(=O)Nc1c(Br)cccc1C(=O)O. The highest BCUT2D eigenvalue weighted by Crippen LogP contribution is 2.26. The van der Waals surface area contributed by atoms with Gasteiger partial charge in [0.15, 0.2) is 0 Å². The van der Waals surface area contributed by atoms with Crippen molar-refractivity contribution in [2.24, 2.45) is 0 Å². The number of hydrogen-bond acceptors (Lipinski definition) is 3. The van der Waals surface area contributed by atoms with Gasteiger partial charge in [-0.2, -0.15) is 0 Å². The van der Waals surface area contributed by atoms with E-state index in [1.807, 2.05) is 0 Å². The zero-order valence-corrected chi connectivity index (χ0v) is 13.7. The van der Waals surface area contributed by atoms with E-state index in [1.54, 1.807) is 12.1 Å². The second-order valence-electron chi connectivity index (χ2n) is 4.38. The van der Waals surface area contributed by atoms with E-state index in [1.165, 1.54) is 6.07 Å². The van der Waals surface area contributed by atoms with Crippen LogP contribution in [-0.4, -0.2) is 48.2 Å². The van der Waals surface area contributed by atoms with Gasteiger partial charge in [-0.25, -0.2) is 9.59 Å². The molecule has 0 aliphatic rings. The first kappa shape index (κ1) is 17.5. The van der Waals surface area contributed by atoms with Crippen molar-refractivity contribution in [3.05, 3.63) is 28.2 Å². The van der Waals surface area contributed by atoms with Crippen LogP contribution in [0.4, 0.5) is 10.5 Å². The summed E-state index contributed by atoms with van der Waals surface area (Å²) in [5.41, 5.74) is 0.300. The Hall–Kier alpha value is -1.60. The molecule has 3 N–H and O–H groups in total. The van der Waals surface area contributed by atoms with Crippen molar-refractivity contribution in [1.82, 2.24) is 10.2 Å². The molecule has 7 heteroatoms. The second kappa shape index (κ2) is 8.63. The van der Waals surface area contributed by atoms with Gasteiger partial charge in [-0.15, -0.1) is 0 Å². The van der Waals surface area contributed by atoms with E-state index < -0.39 is 12.0 Å². The first-order valence-corrected chi connectivity index (χ1v) is 7.57. The van der Waals surface area contributed by atoms with E-state index in [4.69, 9.17) is 5.11 Å². The molecule has 0 saturated carbocycles. The normalized spacial score (nSPS) is 10.5. The first-order valence-electron chi connectivity index (χ1n) is 6.78. The zero-order valence-electron chi connectivity index (χ0n) is 12.1. The molecule has 21 heavy (non-hydrogen) atoms. The summed E-state index contributed by atoms with van der Waals surface area (Å²) >= 11 is 3.24. The maximum Gasteiger partial charge on any atom is 0.337 e. The summed E-state index contributed by atoms with van der Waals surface area (Å²) in [6, 6.07) is 4.31. The Labute approximate surface area is 132 Å². The lowest BCUT2D eigenvalue weighted by Gasteiger charge is -2.18. The lowest BCUT2D eigenvalue weighted by molar-refractivity contribution is 0.0698. The Balaban J connectivity index is 2.61. The molecule has 0 unspecified atom stereocenters. The number of aromatic carboxylic acids is 1. The van der Waals surface area contributed by atoms with Crippen molar-refractivity contribution in [2.45, 2.75) is 13.8 Å². The Morgan fingerprint density at radius 1 is 1.29 bits per heavy atom. The van der Waals surface area contributed by atoms with Gasteiger partial charge >= 0.3 is 12.0 Å². The number of rotatable bonds is 7. The number of nitrogens with one attached hydrogen (secondary N) is 2. The minimum atomic E-state index is -1.09. The molecule has 0 saturated heterocycles. The van der Waals surface area contributed by atoms with E-state index in [-0.39, 0.29) is 11.3 Å². The maximum atomic E-state index is 11.8. The predicted octanol–water partition coefficient (Wildman–Crippen LogP) is 2.61. The molecule has 116 valence electrons. The van der Waals surface area contributed by atoms with Crippen LogP contribution >= 0.6 is 15.9 Å². The number of hydrogen-bond donors (Lipinski definition) is 3. The Morgan fingerprint density at radius 2 is 1.95 bits per heavy atom. The molecule has 1 aromatic rings. The lowest BCUT2D eigenvalue weighted by Crippen LogP contribution is -2.37. The van der Waals surface area contributed by atoms with Crippen LogP contribution in [0.15, 0.2) is 22.7 Å². The third-order valence-corrected chi connectivity index (χ3v) is 3.75. The van der Waals surface area contributed by atoms with Gasteiger partial charge in [-0.1, -0.05) is 19.9 Å². The molecule has 0 aromatic heterocycles. The molecular weight excluding hydrogens is 338 g/mol. The second-order valence-corrected chi connectivity index (χ2v) is 5.23. The van der Waals surface area contributed by atoms with E-state index in [9.17, 15) is 9.59 Å². The number of likely N-dealkylation sites (N-methyl/N-ethyl adjacent to an activating group) is 1. The van der Waals surface area contributed by atoms with Gasteiger partial charge in [-0.3, -0.25) is 0 Å². The molecule has 0 aliphatic carbocycles. The van der Waals surface area contributed by atoms with E-state index in [0.717, 1.165) is 19.6 Å². The Kier molecular flexibility index (Phi) is 7.18. The van der Waals surface area contributed by atoms with Gasteiger partial charge < -0.3 is 20.6 Å². The summed E-state index contributed by atoms with van der Waals surface area (Å²) in [5, 5.41) is 14.4. The number of carboxylic acids is 1. The molecule has 1 rings (SSSR count). The lowest BCUT2D eigenvalue weighted by atomic mass is 10.2. The molecule has 0 atom stereocenters. The summed E-state index contributed by atoms with van der Waals surface area (Å²) in [6.07, 6.45) is 0. The van der Waals surface area contributed by atoms with Gasteiger partial charge in [0.05, 0.1) is 11.3 Å². The topological polar surface area (TPSA) is 81.7 Å². The minimum absolute atomic E-state index is 0.0447. The fourth-order valence-electron chi connectivity index (χ4n) is 1.85. The first-order chi connectivity index (χ1) is 9.99. The number of carbonyl (C=O) groups is 2. The predicted molar refractivity (Wildman–Crippen MR) is 85.9 cm³/mol. The number of carboxylic acid groups (broad SMARTS) is 1. The van der Waals surface area contributed by atoms with Crippen LogP contribution in [0.25, 0.3) is 0 Å². The fourth-order valence-corrected chi connectivity index (χ4v) is 2.32. The molecule has 1 aromatic carbocycles. The zero-order chi connectivity index (χ0) is 15.8. The Morgan fingerprint density at radius 3 is 2.52 bits per heavy atom. The van der Waals surface area contributed by atoms with Crippen molar-refractivity contribution in [2.75, 3.05) is 31.5 Å². The van der Waals surface area contributed by atoms with Crippen LogP contribution in [0.3, 0.4) is 0 Å². The molecule has 0 heterocycles. The van der Waals surface area contributed by atoms with Gasteiger partial charge in [0.25, 0.3) is 0 Å². The maximum absolute atomic E-state index is 11.8. The molecule has 0 radical (unpaired) electrons. The third kappa shape index (κ3) is 5.35. The Bertz CT molecular complexity index is 504. The molecule has 0 fully saturated rings. The summed E-state index contributed by atoms with van der Waals surface area (Å²) in [7, 11) is 0. The van der Waals surface area contributed by atoms with Crippen molar-refractivity contribution < 1.29 is 14.7 Å². The largest absolute Gasteiger partial charge is 0.478 e. The van der Waals surface area contributed by atoms with Gasteiger partial charge in [-0.05, 0) is 41.2 Å². The number of halogens is 1. The quantitative estimate of drug-likeness (QED) is 0.700. The van der Waals surface area contributed by atoms with Gasteiger partial charge in [0.1, 0.15) is 0 Å². The number of para-hydroxylation sites is 1. The monoisotopic (exact) mass is 357 g/mol. The number of benzene rings is 1. The van der Waals surface area contributed by atoms with Crippen molar-refractivity contribution >= 4 is 33.6 Å². The molecule has 0 bridgehead atoms. The van der Waals surface area contributed by atoms with Crippen LogP contribution in [0.1, 0.15) is 24.2 Å². The third-order valence-electron chi connectivity index (χ3n) is 3.09. The number of nitrogens with zero attached hydrogens (tertiary/aromatic N) is 1. The summed E-state index contributed by atoms with van der Waals surface area (Å²) in [4.78, 5) is 25.2. The molecule has 0 spiro atoms. The standard InChI is InChI=1S/C14H20BrN3O3/c1-3-18(4-2)9-8-16-14(21)17-12-10(13(19)20)6-5-7-11(12)15/h5-7H,3-4,8-9H2,1-2H3,(H,19,20)(H2,16,17,21). The number of amides is 2. The van der Waals surface area contributed by atoms with Crippen molar-refractivity contribution in [3.63, 3.8) is 0 Å². The van der Waals surface area contributed by atoms with Crippen LogP contribution < -0.4 is 10.6 Å². The van der Waals surface area contributed by atoms with Crippen LogP contribution in [-0.2, 0) is 0 Å². The molecule has 0 aliphatic heterocycles. The van der Waals surface area contributed by atoms with E-state index in [2.05, 4.69) is 45.3 Å². The smallest absolute Gasteiger partial charge is 0.337 e. The summed E-state index contributed by atoms with van der Waals surface area (Å²) in [5.74, 6) is -1.09. The molecular formula is C14H20BrN3O3. The summed E-state index contributed by atoms with van der Waals surface area (Å²) in [6.45, 7) is 7.22. The minimum Gasteiger partial charge on any atom is -0.478 e. The van der Waals surface area contributed by atoms with E-state index >= 15 is 0 Å². The highest BCUT2D eigenvalue weighted by Gasteiger charge is 2.15.